The van der Waals surface area contributed by atoms with Gasteiger partial charge in [-0.15, -0.1) is 0 Å². The zero-order valence-corrected chi connectivity index (χ0v) is 11.3. The Morgan fingerprint density at radius 3 is 2.59 bits per heavy atom. The predicted molar refractivity (Wildman–Crippen MR) is 71.7 cm³/mol. The number of amides is 1. The number of carboxylic acids is 1. The molecule has 0 aliphatic rings. The molecule has 1 amide bonds. The Kier molecular flexibility index (Phi) is 4.88. The second-order valence-corrected chi connectivity index (χ2v) is 4.37. The van der Waals surface area contributed by atoms with E-state index in [9.17, 15) is 14.7 Å². The topological polar surface area (TPSA) is 86.6 Å². The van der Waals surface area contributed by atoms with Crippen LogP contribution in [0, 0.1) is 6.92 Å². The van der Waals surface area contributed by atoms with E-state index < -0.39 is 18.0 Å². The van der Waals surface area contributed by atoms with Crippen molar-refractivity contribution in [1.29, 1.82) is 0 Å². The Labute approximate surface area is 112 Å². The second kappa shape index (κ2) is 5.97. The van der Waals surface area contributed by atoms with Crippen molar-refractivity contribution in [2.75, 3.05) is 9.74 Å². The van der Waals surface area contributed by atoms with Crippen molar-refractivity contribution in [3.8, 4) is 0 Å². The molecule has 0 heterocycles. The van der Waals surface area contributed by atoms with E-state index in [2.05, 4.69) is 5.32 Å². The number of aromatic carboxylic acids is 1. The van der Waals surface area contributed by atoms with Gasteiger partial charge in [-0.05, 0) is 30.7 Å². The summed E-state index contributed by atoms with van der Waals surface area (Å²) < 4.78 is 0.301. The number of carboxylic acid groups (broad SMARTS) is 1. The van der Waals surface area contributed by atoms with Crippen LogP contribution in [0.4, 0.5) is 5.69 Å². The fourth-order valence-corrected chi connectivity index (χ4v) is 1.62. The van der Waals surface area contributed by atoms with E-state index in [0.29, 0.717) is 15.7 Å². The van der Waals surface area contributed by atoms with Crippen molar-refractivity contribution < 1.29 is 19.8 Å². The van der Waals surface area contributed by atoms with E-state index in [4.69, 9.17) is 5.11 Å². The van der Waals surface area contributed by atoms with E-state index >= 15 is 0 Å². The molecule has 0 spiro atoms. The second-order valence-electron chi connectivity index (χ2n) is 3.49. The SMILES string of the molecule is Cc1cc(C(=O)O)ccc1NC(=O)C(O)CI. The highest BCUT2D eigenvalue weighted by atomic mass is 127. The Morgan fingerprint density at radius 2 is 2.12 bits per heavy atom. The molecule has 1 rings (SSSR count). The van der Waals surface area contributed by atoms with Crippen LogP contribution in [-0.2, 0) is 4.79 Å². The van der Waals surface area contributed by atoms with Gasteiger partial charge in [-0.25, -0.2) is 4.79 Å². The van der Waals surface area contributed by atoms with Crippen molar-refractivity contribution in [3.63, 3.8) is 0 Å². The lowest BCUT2D eigenvalue weighted by Gasteiger charge is -2.11. The van der Waals surface area contributed by atoms with Crippen LogP contribution in [0.15, 0.2) is 18.2 Å². The molecule has 5 nitrogen and oxygen atoms in total. The van der Waals surface area contributed by atoms with Crippen molar-refractivity contribution in [2.24, 2.45) is 0 Å². The standard InChI is InChI=1S/C11H12INO4/c1-6-4-7(11(16)17)2-3-8(6)13-10(15)9(14)5-12/h2-4,9,14H,5H2,1H3,(H,13,15)(H,16,17). The van der Waals surface area contributed by atoms with Gasteiger partial charge >= 0.3 is 5.97 Å². The molecule has 0 aromatic heterocycles. The first kappa shape index (κ1) is 13.9. The molecule has 0 saturated carbocycles. The number of carbonyl (C=O) groups is 2. The number of nitrogens with one attached hydrogen (secondary N) is 1. The third-order valence-corrected chi connectivity index (χ3v) is 3.01. The number of carbonyl (C=O) groups excluding carboxylic acids is 1. The Morgan fingerprint density at radius 1 is 1.47 bits per heavy atom. The number of benzene rings is 1. The lowest BCUT2D eigenvalue weighted by atomic mass is 10.1. The summed E-state index contributed by atoms with van der Waals surface area (Å²) in [6.07, 6.45) is -1.06. The van der Waals surface area contributed by atoms with Gasteiger partial charge in [0, 0.05) is 10.1 Å². The summed E-state index contributed by atoms with van der Waals surface area (Å²) in [5.41, 5.74) is 1.30. The van der Waals surface area contributed by atoms with Crippen LogP contribution >= 0.6 is 22.6 Å². The summed E-state index contributed by atoms with van der Waals surface area (Å²) in [5, 5.41) is 20.6. The van der Waals surface area contributed by atoms with Gasteiger partial charge in [-0.3, -0.25) is 4.79 Å². The number of alkyl halides is 1. The van der Waals surface area contributed by atoms with Crippen LogP contribution in [0.1, 0.15) is 15.9 Å². The molecule has 0 aliphatic heterocycles. The quantitative estimate of drug-likeness (QED) is 0.567. The summed E-state index contributed by atoms with van der Waals surface area (Å²) in [5.74, 6) is -1.51. The fraction of sp³-hybridized carbons (Fsp3) is 0.273. The highest BCUT2D eigenvalue weighted by Crippen LogP contribution is 2.17. The zero-order valence-electron chi connectivity index (χ0n) is 9.11. The number of aliphatic hydroxyl groups is 1. The minimum Gasteiger partial charge on any atom is -0.478 e. The van der Waals surface area contributed by atoms with Crippen LogP contribution in [0.3, 0.4) is 0 Å². The van der Waals surface area contributed by atoms with E-state index in [-0.39, 0.29) is 5.56 Å². The van der Waals surface area contributed by atoms with Crippen LogP contribution in [-0.4, -0.2) is 32.6 Å². The lowest BCUT2D eigenvalue weighted by Crippen LogP contribution is -2.29. The number of aryl methyl sites for hydroxylation is 1. The maximum absolute atomic E-state index is 11.4. The first-order valence-electron chi connectivity index (χ1n) is 4.84. The maximum atomic E-state index is 11.4. The number of hydrogen-bond donors (Lipinski definition) is 3. The Balaban J connectivity index is 2.86. The molecule has 0 saturated heterocycles. The van der Waals surface area contributed by atoms with Gasteiger partial charge in [0.05, 0.1) is 5.56 Å². The van der Waals surface area contributed by atoms with Crippen LogP contribution < -0.4 is 5.32 Å². The van der Waals surface area contributed by atoms with Gasteiger partial charge in [-0.1, -0.05) is 22.6 Å². The third kappa shape index (κ3) is 3.67. The summed E-state index contributed by atoms with van der Waals surface area (Å²) in [6.45, 7) is 1.69. The van der Waals surface area contributed by atoms with Crippen LogP contribution in [0.2, 0.25) is 0 Å². The smallest absolute Gasteiger partial charge is 0.335 e. The monoisotopic (exact) mass is 349 g/mol. The molecule has 1 atom stereocenters. The van der Waals surface area contributed by atoms with Crippen molar-refractivity contribution in [1.82, 2.24) is 0 Å². The number of halogens is 1. The summed E-state index contributed by atoms with van der Waals surface area (Å²) in [6, 6.07) is 4.38. The molecule has 0 fully saturated rings. The summed E-state index contributed by atoms with van der Waals surface area (Å²) in [4.78, 5) is 22.1. The van der Waals surface area contributed by atoms with E-state index in [1.54, 1.807) is 6.92 Å². The molecule has 0 radical (unpaired) electrons. The highest BCUT2D eigenvalue weighted by Gasteiger charge is 2.14. The van der Waals surface area contributed by atoms with Crippen molar-refractivity contribution in [3.05, 3.63) is 29.3 Å². The van der Waals surface area contributed by atoms with Gasteiger partial charge in [0.15, 0.2) is 0 Å². The molecule has 92 valence electrons. The molecule has 1 aromatic carbocycles. The Hall–Kier alpha value is -1.15. The van der Waals surface area contributed by atoms with Gasteiger partial charge in [0.2, 0.25) is 0 Å². The van der Waals surface area contributed by atoms with E-state index in [1.165, 1.54) is 18.2 Å². The first-order valence-corrected chi connectivity index (χ1v) is 6.37. The van der Waals surface area contributed by atoms with E-state index in [1.807, 2.05) is 22.6 Å². The molecule has 1 aromatic rings. The number of hydrogen-bond acceptors (Lipinski definition) is 3. The minimum atomic E-state index is -1.06. The van der Waals surface area contributed by atoms with Gasteiger partial charge in [0.1, 0.15) is 6.10 Å². The normalized spacial score (nSPS) is 11.9. The third-order valence-electron chi connectivity index (χ3n) is 2.18. The molecular formula is C11H12INO4. The minimum absolute atomic E-state index is 0.162. The Bertz CT molecular complexity index is 447. The average Bonchev–Trinajstić information content (AvgIpc) is 2.30. The van der Waals surface area contributed by atoms with Crippen LogP contribution in [0.25, 0.3) is 0 Å². The first-order chi connectivity index (χ1) is 7.95. The average molecular weight is 349 g/mol. The molecule has 17 heavy (non-hydrogen) atoms. The fourth-order valence-electron chi connectivity index (χ4n) is 1.22. The van der Waals surface area contributed by atoms with Gasteiger partial charge < -0.3 is 15.5 Å². The molecule has 1 unspecified atom stereocenters. The predicted octanol–water partition coefficient (Wildman–Crippen LogP) is 1.43. The number of anilines is 1. The number of aliphatic hydroxyl groups excluding tert-OH is 1. The summed E-state index contributed by atoms with van der Waals surface area (Å²) in [7, 11) is 0. The molecule has 0 bridgehead atoms. The van der Waals surface area contributed by atoms with Crippen LogP contribution in [0.5, 0.6) is 0 Å². The van der Waals surface area contributed by atoms with Gasteiger partial charge in [0.25, 0.3) is 5.91 Å². The van der Waals surface area contributed by atoms with Crippen molar-refractivity contribution >= 4 is 40.2 Å². The zero-order chi connectivity index (χ0) is 13.0. The van der Waals surface area contributed by atoms with E-state index in [0.717, 1.165) is 0 Å². The largest absolute Gasteiger partial charge is 0.478 e. The molecule has 0 aliphatic carbocycles. The molecule has 3 N–H and O–H groups in total. The molecular weight excluding hydrogens is 337 g/mol. The molecule has 6 heteroatoms. The highest BCUT2D eigenvalue weighted by molar-refractivity contribution is 14.1. The maximum Gasteiger partial charge on any atom is 0.335 e. The lowest BCUT2D eigenvalue weighted by molar-refractivity contribution is -0.122. The summed E-state index contributed by atoms with van der Waals surface area (Å²) >= 11 is 1.91. The van der Waals surface area contributed by atoms with Crippen molar-refractivity contribution in [2.45, 2.75) is 13.0 Å². The number of rotatable bonds is 4. The van der Waals surface area contributed by atoms with Gasteiger partial charge in [-0.2, -0.15) is 0 Å².